The van der Waals surface area contributed by atoms with E-state index in [4.69, 9.17) is 26.2 Å². The lowest BCUT2D eigenvalue weighted by atomic mass is 10.1. The summed E-state index contributed by atoms with van der Waals surface area (Å²) in [4.78, 5) is 15.1. The van der Waals surface area contributed by atoms with Crippen LogP contribution in [0.25, 0.3) is 0 Å². The Bertz CT molecular complexity index is 790. The summed E-state index contributed by atoms with van der Waals surface area (Å²) in [6.07, 6.45) is 0.877. The molecule has 2 aromatic rings. The van der Waals surface area contributed by atoms with E-state index in [9.17, 15) is 4.79 Å². The minimum Gasteiger partial charge on any atom is -0.476 e. The SMILES string of the molecule is O=C(O)c1[nH]nnc1Oc1ccc(Cl)c(C#CC2CCOC2)n1. The number of rotatable bonds is 3. The Morgan fingerprint density at radius 3 is 3.13 bits per heavy atom. The van der Waals surface area contributed by atoms with Gasteiger partial charge in [-0.15, -0.1) is 0 Å². The molecule has 3 heterocycles. The summed E-state index contributed by atoms with van der Waals surface area (Å²) in [5, 5.41) is 18.5. The second kappa shape index (κ2) is 6.64. The highest BCUT2D eigenvalue weighted by atomic mass is 35.5. The maximum absolute atomic E-state index is 11.0. The largest absolute Gasteiger partial charge is 0.476 e. The molecule has 0 aromatic carbocycles. The van der Waals surface area contributed by atoms with Gasteiger partial charge in [0.25, 0.3) is 5.88 Å². The number of carbonyl (C=O) groups is 1. The van der Waals surface area contributed by atoms with Crippen molar-refractivity contribution < 1.29 is 19.4 Å². The Morgan fingerprint density at radius 2 is 2.39 bits per heavy atom. The third-order valence-electron chi connectivity index (χ3n) is 3.08. The van der Waals surface area contributed by atoms with Crippen LogP contribution in [0.2, 0.25) is 5.02 Å². The third-order valence-corrected chi connectivity index (χ3v) is 3.38. The van der Waals surface area contributed by atoms with Gasteiger partial charge in [0.2, 0.25) is 11.6 Å². The summed E-state index contributed by atoms with van der Waals surface area (Å²) in [5.41, 5.74) is 0.0777. The van der Waals surface area contributed by atoms with Gasteiger partial charge in [0.15, 0.2) is 0 Å². The van der Waals surface area contributed by atoms with E-state index in [0.717, 1.165) is 6.42 Å². The lowest BCUT2D eigenvalue weighted by Gasteiger charge is -2.03. The molecule has 1 aliphatic rings. The molecule has 2 aromatic heterocycles. The molecule has 1 atom stereocenters. The molecule has 1 saturated heterocycles. The van der Waals surface area contributed by atoms with Crippen LogP contribution in [0.4, 0.5) is 0 Å². The molecule has 1 fully saturated rings. The van der Waals surface area contributed by atoms with E-state index < -0.39 is 5.97 Å². The molecule has 8 nitrogen and oxygen atoms in total. The van der Waals surface area contributed by atoms with Crippen LogP contribution < -0.4 is 4.74 Å². The van der Waals surface area contributed by atoms with Crippen molar-refractivity contribution in [3.63, 3.8) is 0 Å². The monoisotopic (exact) mass is 334 g/mol. The van der Waals surface area contributed by atoms with Crippen molar-refractivity contribution in [2.24, 2.45) is 5.92 Å². The van der Waals surface area contributed by atoms with Crippen molar-refractivity contribution in [2.45, 2.75) is 6.42 Å². The van der Waals surface area contributed by atoms with E-state index in [1.54, 1.807) is 6.07 Å². The van der Waals surface area contributed by atoms with Crippen LogP contribution in [-0.2, 0) is 4.74 Å². The van der Waals surface area contributed by atoms with E-state index in [0.29, 0.717) is 23.9 Å². The molecule has 0 bridgehead atoms. The van der Waals surface area contributed by atoms with Gasteiger partial charge in [-0.2, -0.15) is 0 Å². The normalized spacial score (nSPS) is 16.7. The maximum Gasteiger partial charge on any atom is 0.359 e. The number of carboxylic acids is 1. The van der Waals surface area contributed by atoms with Gasteiger partial charge in [-0.3, -0.25) is 0 Å². The summed E-state index contributed by atoms with van der Waals surface area (Å²) in [6.45, 7) is 1.30. The van der Waals surface area contributed by atoms with Gasteiger partial charge in [0, 0.05) is 18.6 Å². The summed E-state index contributed by atoms with van der Waals surface area (Å²) >= 11 is 6.07. The Hall–Kier alpha value is -2.63. The number of nitrogens with zero attached hydrogens (tertiary/aromatic N) is 3. The van der Waals surface area contributed by atoms with E-state index in [1.807, 2.05) is 0 Å². The van der Waals surface area contributed by atoms with Crippen molar-refractivity contribution in [3.8, 4) is 23.6 Å². The highest BCUT2D eigenvalue weighted by molar-refractivity contribution is 6.31. The summed E-state index contributed by atoms with van der Waals surface area (Å²) in [6, 6.07) is 3.06. The van der Waals surface area contributed by atoms with Crippen LogP contribution >= 0.6 is 11.6 Å². The highest BCUT2D eigenvalue weighted by Gasteiger charge is 2.17. The average molecular weight is 335 g/mol. The molecule has 23 heavy (non-hydrogen) atoms. The molecular formula is C14H11ClN4O4. The molecule has 0 saturated carbocycles. The lowest BCUT2D eigenvalue weighted by Crippen LogP contribution is -2.01. The van der Waals surface area contributed by atoms with Crippen molar-refractivity contribution in [1.82, 2.24) is 20.4 Å². The molecular weight excluding hydrogens is 324 g/mol. The number of H-pyrrole nitrogens is 1. The summed E-state index contributed by atoms with van der Waals surface area (Å²) < 4.78 is 10.6. The first kappa shape index (κ1) is 15.3. The van der Waals surface area contributed by atoms with Gasteiger partial charge in [-0.25, -0.2) is 14.9 Å². The van der Waals surface area contributed by atoms with Crippen LogP contribution in [-0.4, -0.2) is 44.7 Å². The molecule has 0 aliphatic carbocycles. The first-order valence-corrected chi connectivity index (χ1v) is 7.09. The van der Waals surface area contributed by atoms with Crippen LogP contribution in [0.15, 0.2) is 12.1 Å². The Balaban J connectivity index is 1.82. The zero-order chi connectivity index (χ0) is 16.2. The number of hydrogen-bond donors (Lipinski definition) is 2. The van der Waals surface area contributed by atoms with Crippen LogP contribution in [0.3, 0.4) is 0 Å². The van der Waals surface area contributed by atoms with Gasteiger partial charge in [-0.05, 0) is 18.4 Å². The Labute approximate surface area is 135 Å². The zero-order valence-corrected chi connectivity index (χ0v) is 12.5. The van der Waals surface area contributed by atoms with Crippen LogP contribution in [0, 0.1) is 17.8 Å². The number of nitrogens with one attached hydrogen (secondary N) is 1. The fourth-order valence-corrected chi connectivity index (χ4v) is 2.07. The molecule has 118 valence electrons. The van der Waals surface area contributed by atoms with Crippen molar-refractivity contribution in [1.29, 1.82) is 0 Å². The van der Waals surface area contributed by atoms with Crippen LogP contribution in [0.5, 0.6) is 11.8 Å². The fourth-order valence-electron chi connectivity index (χ4n) is 1.92. The molecule has 9 heteroatoms. The van der Waals surface area contributed by atoms with Gasteiger partial charge >= 0.3 is 5.97 Å². The maximum atomic E-state index is 11.0. The quantitative estimate of drug-likeness (QED) is 0.822. The number of hydrogen-bond acceptors (Lipinski definition) is 6. The number of aromatic nitrogens is 4. The van der Waals surface area contributed by atoms with Crippen LogP contribution in [0.1, 0.15) is 22.6 Å². The molecule has 0 amide bonds. The number of aromatic carboxylic acids is 1. The molecule has 3 rings (SSSR count). The third kappa shape index (κ3) is 3.59. The molecule has 2 N–H and O–H groups in total. The molecule has 1 unspecified atom stereocenters. The molecule has 1 aliphatic heterocycles. The summed E-state index contributed by atoms with van der Waals surface area (Å²) in [7, 11) is 0. The standard InChI is InChI=1S/C14H11ClN4O4/c15-9-2-4-11(23-13-12(14(20)21)17-19-18-13)16-10(9)3-1-8-5-6-22-7-8/h2,4,8H,5-7H2,(H,20,21)(H,17,18,19). The van der Waals surface area contributed by atoms with E-state index in [1.165, 1.54) is 6.07 Å². The van der Waals surface area contributed by atoms with Crippen molar-refractivity contribution in [2.75, 3.05) is 13.2 Å². The topological polar surface area (TPSA) is 110 Å². The number of halogens is 1. The minimum atomic E-state index is -1.24. The summed E-state index contributed by atoms with van der Waals surface area (Å²) in [5.74, 6) is 4.81. The average Bonchev–Trinajstić information content (AvgIpc) is 3.19. The van der Waals surface area contributed by atoms with Gasteiger partial charge in [0.05, 0.1) is 11.6 Å². The van der Waals surface area contributed by atoms with E-state index >= 15 is 0 Å². The number of carboxylic acid groups (broad SMARTS) is 1. The first-order valence-electron chi connectivity index (χ1n) is 6.71. The number of pyridine rings is 1. The zero-order valence-electron chi connectivity index (χ0n) is 11.7. The minimum absolute atomic E-state index is 0.123. The first-order chi connectivity index (χ1) is 11.1. The lowest BCUT2D eigenvalue weighted by molar-refractivity contribution is 0.0687. The highest BCUT2D eigenvalue weighted by Crippen LogP contribution is 2.23. The fraction of sp³-hybridized carbons (Fsp3) is 0.286. The van der Waals surface area contributed by atoms with E-state index in [2.05, 4.69) is 32.2 Å². The Morgan fingerprint density at radius 1 is 1.52 bits per heavy atom. The smallest absolute Gasteiger partial charge is 0.359 e. The van der Waals surface area contributed by atoms with Gasteiger partial charge in [0.1, 0.15) is 5.69 Å². The molecule has 0 spiro atoms. The van der Waals surface area contributed by atoms with Gasteiger partial charge < -0.3 is 14.6 Å². The second-order valence-corrected chi connectivity index (χ2v) is 5.12. The predicted octanol–water partition coefficient (Wildman–Crippen LogP) is 1.73. The van der Waals surface area contributed by atoms with Crippen molar-refractivity contribution >= 4 is 17.6 Å². The van der Waals surface area contributed by atoms with Crippen molar-refractivity contribution in [3.05, 3.63) is 28.5 Å². The number of aromatic amines is 1. The second-order valence-electron chi connectivity index (χ2n) is 4.71. The van der Waals surface area contributed by atoms with E-state index in [-0.39, 0.29) is 23.4 Å². The Kier molecular flexibility index (Phi) is 4.41. The molecule has 0 radical (unpaired) electrons. The number of ether oxygens (including phenoxy) is 2. The van der Waals surface area contributed by atoms with Gasteiger partial charge in [-0.1, -0.05) is 27.8 Å². The predicted molar refractivity (Wildman–Crippen MR) is 78.5 cm³/mol.